The minimum Gasteiger partial charge on any atom is -0.480 e. The Kier molecular flexibility index (Phi) is 4.58. The van der Waals surface area contributed by atoms with Gasteiger partial charge >= 0.3 is 12.3 Å². The molecular weight excluding hydrogens is 351 g/mol. The number of ether oxygens (including phenoxy) is 1. The van der Waals surface area contributed by atoms with E-state index >= 15 is 0 Å². The maximum Gasteiger partial charge on any atom is 0.573 e. The number of carboxylic acids is 1. The van der Waals surface area contributed by atoms with Crippen molar-refractivity contribution >= 4 is 17.6 Å². The Morgan fingerprint density at radius 2 is 1.73 bits per heavy atom. The van der Waals surface area contributed by atoms with Gasteiger partial charge in [0.2, 0.25) is 5.91 Å². The van der Waals surface area contributed by atoms with Gasteiger partial charge in [0.25, 0.3) is 0 Å². The van der Waals surface area contributed by atoms with Gasteiger partial charge in [0.15, 0.2) is 0 Å². The molecule has 136 valence electrons. The van der Waals surface area contributed by atoms with Crippen LogP contribution in [0.15, 0.2) is 42.5 Å². The molecule has 0 spiro atoms. The summed E-state index contributed by atoms with van der Waals surface area (Å²) in [6.07, 6.45) is -4.05. The van der Waals surface area contributed by atoms with E-state index in [-0.39, 0.29) is 18.1 Å². The molecule has 0 aromatic heterocycles. The number of hydrogen-bond donors (Lipinski definition) is 1. The van der Waals surface area contributed by atoms with Crippen molar-refractivity contribution in [1.82, 2.24) is 0 Å². The largest absolute Gasteiger partial charge is 0.573 e. The molecule has 3 rings (SSSR count). The number of rotatable bonds is 4. The van der Waals surface area contributed by atoms with E-state index in [0.717, 1.165) is 11.1 Å². The van der Waals surface area contributed by atoms with E-state index in [9.17, 15) is 22.8 Å². The Labute approximate surface area is 146 Å². The number of carboxylic acid groups (broad SMARTS) is 1. The highest BCUT2D eigenvalue weighted by Gasteiger charge is 2.31. The molecule has 0 bridgehead atoms. The van der Waals surface area contributed by atoms with Crippen LogP contribution >= 0.6 is 0 Å². The molecule has 1 amide bonds. The number of benzene rings is 2. The quantitative estimate of drug-likeness (QED) is 0.899. The van der Waals surface area contributed by atoms with E-state index in [1.165, 1.54) is 29.2 Å². The molecule has 1 aliphatic rings. The molecule has 1 heterocycles. The number of fused-ring (bicyclic) bond motifs is 1. The lowest BCUT2D eigenvalue weighted by Gasteiger charge is -2.28. The number of aryl methyl sites for hydroxylation is 1. The second-order valence-corrected chi connectivity index (χ2v) is 5.79. The van der Waals surface area contributed by atoms with Crippen LogP contribution in [-0.4, -0.2) is 29.9 Å². The Balaban J connectivity index is 1.87. The summed E-state index contributed by atoms with van der Waals surface area (Å²) in [5, 5.41) is 8.96. The van der Waals surface area contributed by atoms with Gasteiger partial charge in [-0.25, -0.2) is 0 Å². The molecule has 1 N–H and O–H groups in total. The molecule has 26 heavy (non-hydrogen) atoms. The summed E-state index contributed by atoms with van der Waals surface area (Å²) in [6, 6.07) is 10.6. The van der Waals surface area contributed by atoms with Gasteiger partial charge in [0, 0.05) is 12.1 Å². The SMILES string of the molecule is O=C(O)CN1C(=O)CCc2cc(-c3ccc(OC(F)(F)F)cc3)ccc21. The Hall–Kier alpha value is -3.03. The Bertz CT molecular complexity index is 847. The first kappa shape index (κ1) is 17.8. The maximum absolute atomic E-state index is 12.2. The van der Waals surface area contributed by atoms with Crippen LogP contribution in [-0.2, 0) is 16.0 Å². The number of aliphatic carboxylic acids is 1. The third-order valence-electron chi connectivity index (χ3n) is 3.99. The summed E-state index contributed by atoms with van der Waals surface area (Å²) in [5.41, 5.74) is 2.80. The lowest BCUT2D eigenvalue weighted by Crippen LogP contribution is -2.38. The standard InChI is InChI=1S/C18H14F3NO4/c19-18(20,21)26-14-5-1-11(2-6-14)12-3-7-15-13(9-12)4-8-16(23)22(15)10-17(24)25/h1-3,5-7,9H,4,8,10H2,(H,24,25). The number of carbonyl (C=O) groups excluding carboxylic acids is 1. The number of nitrogens with zero attached hydrogens (tertiary/aromatic N) is 1. The average Bonchev–Trinajstić information content (AvgIpc) is 2.56. The van der Waals surface area contributed by atoms with E-state index < -0.39 is 18.9 Å². The first-order chi connectivity index (χ1) is 12.2. The van der Waals surface area contributed by atoms with Crippen molar-refractivity contribution in [2.45, 2.75) is 19.2 Å². The van der Waals surface area contributed by atoms with E-state index in [0.29, 0.717) is 17.7 Å². The predicted octanol–water partition coefficient (Wildman–Crippen LogP) is 3.62. The summed E-state index contributed by atoms with van der Waals surface area (Å²) in [6.45, 7) is -0.408. The molecule has 0 saturated heterocycles. The molecule has 2 aromatic rings. The van der Waals surface area contributed by atoms with Crippen LogP contribution in [0, 0.1) is 0 Å². The van der Waals surface area contributed by atoms with E-state index in [4.69, 9.17) is 5.11 Å². The van der Waals surface area contributed by atoms with Gasteiger partial charge in [-0.3, -0.25) is 9.59 Å². The van der Waals surface area contributed by atoms with Crippen molar-refractivity contribution in [3.05, 3.63) is 48.0 Å². The predicted molar refractivity (Wildman–Crippen MR) is 86.9 cm³/mol. The molecule has 0 radical (unpaired) electrons. The second kappa shape index (κ2) is 6.70. The van der Waals surface area contributed by atoms with E-state index in [1.807, 2.05) is 6.07 Å². The van der Waals surface area contributed by atoms with Gasteiger partial charge in [0.05, 0.1) is 0 Å². The van der Waals surface area contributed by atoms with Gasteiger partial charge in [-0.1, -0.05) is 18.2 Å². The normalized spacial score (nSPS) is 14.1. The fraction of sp³-hybridized carbons (Fsp3) is 0.222. The number of anilines is 1. The minimum absolute atomic E-state index is 0.210. The molecule has 0 fully saturated rings. The van der Waals surface area contributed by atoms with Crippen molar-refractivity contribution in [3.63, 3.8) is 0 Å². The maximum atomic E-state index is 12.2. The zero-order valence-electron chi connectivity index (χ0n) is 13.4. The summed E-state index contributed by atoms with van der Waals surface area (Å²) < 4.78 is 40.5. The van der Waals surface area contributed by atoms with E-state index in [1.54, 1.807) is 12.1 Å². The first-order valence-corrected chi connectivity index (χ1v) is 7.74. The molecule has 1 aliphatic heterocycles. The number of halogens is 3. The lowest BCUT2D eigenvalue weighted by atomic mass is 9.96. The van der Waals surface area contributed by atoms with Gasteiger partial charge in [-0.15, -0.1) is 13.2 Å². The monoisotopic (exact) mass is 365 g/mol. The molecule has 0 unspecified atom stereocenters. The average molecular weight is 365 g/mol. The zero-order chi connectivity index (χ0) is 18.9. The van der Waals surface area contributed by atoms with Crippen molar-refractivity contribution in [1.29, 1.82) is 0 Å². The molecule has 8 heteroatoms. The molecule has 0 aliphatic carbocycles. The van der Waals surface area contributed by atoms with Gasteiger partial charge in [0.1, 0.15) is 12.3 Å². The number of carbonyl (C=O) groups is 2. The van der Waals surface area contributed by atoms with Crippen LogP contribution in [0.2, 0.25) is 0 Å². The summed E-state index contributed by atoms with van der Waals surface area (Å²) in [4.78, 5) is 24.1. The smallest absolute Gasteiger partial charge is 0.480 e. The molecule has 5 nitrogen and oxygen atoms in total. The van der Waals surface area contributed by atoms with Crippen molar-refractivity contribution in [3.8, 4) is 16.9 Å². The topological polar surface area (TPSA) is 66.8 Å². The van der Waals surface area contributed by atoms with Crippen LogP contribution in [0.25, 0.3) is 11.1 Å². The van der Waals surface area contributed by atoms with Crippen LogP contribution in [0.3, 0.4) is 0 Å². The highest BCUT2D eigenvalue weighted by Crippen LogP contribution is 2.33. The minimum atomic E-state index is -4.74. The fourth-order valence-electron chi connectivity index (χ4n) is 2.90. The molecule has 0 saturated carbocycles. The Morgan fingerprint density at radius 3 is 2.35 bits per heavy atom. The number of amides is 1. The summed E-state index contributed by atoms with van der Waals surface area (Å²) in [5.74, 6) is -1.66. The first-order valence-electron chi connectivity index (χ1n) is 7.74. The van der Waals surface area contributed by atoms with Gasteiger partial charge in [-0.05, 0) is 47.4 Å². The van der Waals surface area contributed by atoms with Gasteiger partial charge < -0.3 is 14.7 Å². The Morgan fingerprint density at radius 1 is 1.08 bits per heavy atom. The van der Waals surface area contributed by atoms with Crippen molar-refractivity contribution in [2.24, 2.45) is 0 Å². The highest BCUT2D eigenvalue weighted by molar-refractivity contribution is 6.00. The summed E-state index contributed by atoms with van der Waals surface area (Å²) in [7, 11) is 0. The lowest BCUT2D eigenvalue weighted by molar-refractivity contribution is -0.274. The van der Waals surface area contributed by atoms with Crippen LogP contribution in [0.1, 0.15) is 12.0 Å². The fourth-order valence-corrected chi connectivity index (χ4v) is 2.90. The van der Waals surface area contributed by atoms with Crippen LogP contribution in [0.5, 0.6) is 5.75 Å². The van der Waals surface area contributed by atoms with E-state index in [2.05, 4.69) is 4.74 Å². The highest BCUT2D eigenvalue weighted by atomic mass is 19.4. The second-order valence-electron chi connectivity index (χ2n) is 5.79. The number of alkyl halides is 3. The number of hydrogen-bond acceptors (Lipinski definition) is 3. The van der Waals surface area contributed by atoms with Crippen LogP contribution in [0.4, 0.5) is 18.9 Å². The van der Waals surface area contributed by atoms with Crippen molar-refractivity contribution in [2.75, 3.05) is 11.4 Å². The summed E-state index contributed by atoms with van der Waals surface area (Å²) >= 11 is 0. The molecular formula is C18H14F3NO4. The van der Waals surface area contributed by atoms with Crippen molar-refractivity contribution < 1.29 is 32.6 Å². The third kappa shape index (κ3) is 3.96. The van der Waals surface area contributed by atoms with Gasteiger partial charge in [-0.2, -0.15) is 0 Å². The molecule has 2 aromatic carbocycles. The van der Waals surface area contributed by atoms with Crippen LogP contribution < -0.4 is 9.64 Å². The molecule has 0 atom stereocenters. The zero-order valence-corrected chi connectivity index (χ0v) is 13.4. The third-order valence-corrected chi connectivity index (χ3v) is 3.99.